The first-order valence-electron chi connectivity index (χ1n) is 12.8. The highest BCUT2D eigenvalue weighted by molar-refractivity contribution is 6.35. The number of aliphatic hydroxyl groups excluding tert-OH is 1. The summed E-state index contributed by atoms with van der Waals surface area (Å²) in [6, 6.07) is 19.7. The van der Waals surface area contributed by atoms with Gasteiger partial charge in [0.15, 0.2) is 5.78 Å². The summed E-state index contributed by atoms with van der Waals surface area (Å²) < 4.78 is 0. The van der Waals surface area contributed by atoms with Crippen LogP contribution in [0.3, 0.4) is 0 Å². The lowest BCUT2D eigenvalue weighted by molar-refractivity contribution is -0.124. The molecule has 0 aliphatic rings. The van der Waals surface area contributed by atoms with Crippen LogP contribution in [0.5, 0.6) is 0 Å². The smallest absolute Gasteiger partial charge is 0.224 e. The maximum atomic E-state index is 13.0. The van der Waals surface area contributed by atoms with Crippen LogP contribution >= 0.6 is 11.6 Å². The quantitative estimate of drug-likeness (QED) is 0.149. The molecule has 3 rings (SSSR count). The van der Waals surface area contributed by atoms with Crippen LogP contribution in [0.1, 0.15) is 60.0 Å². The topological polar surface area (TPSA) is 108 Å². The first kappa shape index (κ1) is 28.9. The van der Waals surface area contributed by atoms with Gasteiger partial charge >= 0.3 is 0 Å². The number of nitrogens with one attached hydrogen (secondary N) is 3. The summed E-state index contributed by atoms with van der Waals surface area (Å²) >= 11 is 6.48. The summed E-state index contributed by atoms with van der Waals surface area (Å²) in [6.07, 6.45) is 3.67. The molecule has 8 heteroatoms. The third-order valence-corrected chi connectivity index (χ3v) is 6.38. The van der Waals surface area contributed by atoms with Crippen LogP contribution in [-0.2, 0) is 9.59 Å². The lowest BCUT2D eigenvalue weighted by Crippen LogP contribution is -2.25. The molecule has 2 amide bonds. The van der Waals surface area contributed by atoms with Gasteiger partial charge in [0.25, 0.3) is 0 Å². The molecule has 0 aromatic heterocycles. The van der Waals surface area contributed by atoms with Gasteiger partial charge in [-0.1, -0.05) is 60.8 Å². The molecule has 4 N–H and O–H groups in total. The number of benzene rings is 3. The average Bonchev–Trinajstić information content (AvgIpc) is 2.90. The lowest BCUT2D eigenvalue weighted by atomic mass is 9.99. The molecule has 0 spiro atoms. The van der Waals surface area contributed by atoms with Crippen molar-refractivity contribution >= 4 is 46.3 Å². The second-order valence-electron chi connectivity index (χ2n) is 9.05. The maximum absolute atomic E-state index is 13.0. The summed E-state index contributed by atoms with van der Waals surface area (Å²) in [5, 5.41) is 18.0. The molecule has 0 atom stereocenters. The molecule has 3 aromatic rings. The highest BCUT2D eigenvalue weighted by atomic mass is 35.5. The molecule has 0 aliphatic carbocycles. The molecule has 3 aromatic carbocycles. The maximum Gasteiger partial charge on any atom is 0.224 e. The molecular weight excluding hydrogens is 502 g/mol. The number of para-hydroxylation sites is 2. The number of hydrogen-bond donors (Lipinski definition) is 4. The van der Waals surface area contributed by atoms with Crippen molar-refractivity contribution in [1.82, 2.24) is 5.32 Å². The van der Waals surface area contributed by atoms with E-state index in [1.807, 2.05) is 37.3 Å². The Hall–Kier alpha value is -3.68. The van der Waals surface area contributed by atoms with E-state index in [-0.39, 0.29) is 37.0 Å². The van der Waals surface area contributed by atoms with Crippen LogP contribution in [0.25, 0.3) is 0 Å². The van der Waals surface area contributed by atoms with E-state index in [1.54, 1.807) is 36.4 Å². The van der Waals surface area contributed by atoms with Gasteiger partial charge < -0.3 is 21.1 Å². The molecular formula is C30H34ClN3O4. The van der Waals surface area contributed by atoms with E-state index in [9.17, 15) is 14.4 Å². The second kappa shape index (κ2) is 14.9. The van der Waals surface area contributed by atoms with Crippen LogP contribution < -0.4 is 16.0 Å². The third-order valence-electron chi connectivity index (χ3n) is 6.07. The number of amides is 2. The van der Waals surface area contributed by atoms with E-state index in [0.717, 1.165) is 31.2 Å². The van der Waals surface area contributed by atoms with E-state index < -0.39 is 0 Å². The van der Waals surface area contributed by atoms with E-state index in [1.165, 1.54) is 0 Å². The van der Waals surface area contributed by atoms with Gasteiger partial charge in [-0.15, -0.1) is 0 Å². The molecule has 0 unspecified atom stereocenters. The van der Waals surface area contributed by atoms with Crippen LogP contribution in [0.4, 0.5) is 17.1 Å². The van der Waals surface area contributed by atoms with Crippen LogP contribution in [0.15, 0.2) is 66.7 Å². The van der Waals surface area contributed by atoms with Crippen molar-refractivity contribution in [3.05, 3.63) is 88.4 Å². The minimum absolute atomic E-state index is 0.0617. The molecule has 0 bridgehead atoms. The zero-order chi connectivity index (χ0) is 27.3. The first-order chi connectivity index (χ1) is 18.4. The molecule has 200 valence electrons. The summed E-state index contributed by atoms with van der Waals surface area (Å²) in [4.78, 5) is 37.5. The van der Waals surface area contributed by atoms with Crippen LogP contribution in [-0.4, -0.2) is 35.9 Å². The molecule has 0 saturated carbocycles. The fourth-order valence-electron chi connectivity index (χ4n) is 3.95. The molecule has 0 fully saturated rings. The zero-order valence-corrected chi connectivity index (χ0v) is 22.3. The van der Waals surface area contributed by atoms with Gasteiger partial charge in [0.05, 0.1) is 16.4 Å². The number of hydrogen-bond acceptors (Lipinski definition) is 5. The number of carbonyl (C=O) groups is 3. The highest BCUT2D eigenvalue weighted by Gasteiger charge is 2.16. The van der Waals surface area contributed by atoms with Gasteiger partial charge in [-0.05, 0) is 55.7 Å². The molecule has 0 saturated heterocycles. The first-order valence-corrected chi connectivity index (χ1v) is 13.2. The number of halogens is 1. The van der Waals surface area contributed by atoms with E-state index in [4.69, 9.17) is 16.7 Å². The number of carbonyl (C=O) groups excluding carboxylic acids is 3. The Balaban J connectivity index is 1.55. The normalized spacial score (nSPS) is 10.6. The summed E-state index contributed by atoms with van der Waals surface area (Å²) in [5.74, 6) is -0.573. The Labute approximate surface area is 228 Å². The second-order valence-corrected chi connectivity index (χ2v) is 9.45. The fraction of sp³-hybridized carbons (Fsp3) is 0.300. The van der Waals surface area contributed by atoms with E-state index in [2.05, 4.69) is 16.0 Å². The third kappa shape index (κ3) is 8.71. The standard InChI is InChI=1S/C30H34ClN3O4/c1-21-10-4-5-11-23(21)30(38)24-15-14-22(20-25(24)31)33-26-12-6-7-13-27(26)34-29(37)17-16-28(36)32-18-8-2-3-9-19-35/h4-7,10-15,20,33,35H,2-3,8-9,16-19H2,1H3,(H,32,36)(H,34,37). The predicted molar refractivity (Wildman–Crippen MR) is 152 cm³/mol. The Morgan fingerprint density at radius 3 is 2.21 bits per heavy atom. The Morgan fingerprint density at radius 1 is 0.789 bits per heavy atom. The molecule has 0 heterocycles. The Kier molecular flexibility index (Phi) is 11.3. The zero-order valence-electron chi connectivity index (χ0n) is 21.6. The number of unbranched alkanes of at least 4 members (excludes halogenated alkanes) is 3. The molecule has 7 nitrogen and oxygen atoms in total. The summed E-state index contributed by atoms with van der Waals surface area (Å²) in [5.41, 5.74) is 3.79. The van der Waals surface area contributed by atoms with Crippen molar-refractivity contribution < 1.29 is 19.5 Å². The van der Waals surface area contributed by atoms with Crippen molar-refractivity contribution in [2.75, 3.05) is 23.8 Å². The highest BCUT2D eigenvalue weighted by Crippen LogP contribution is 2.29. The monoisotopic (exact) mass is 535 g/mol. The lowest BCUT2D eigenvalue weighted by Gasteiger charge is -2.14. The van der Waals surface area contributed by atoms with E-state index >= 15 is 0 Å². The van der Waals surface area contributed by atoms with Gasteiger partial charge in [0.1, 0.15) is 0 Å². The number of ketones is 1. The molecule has 38 heavy (non-hydrogen) atoms. The van der Waals surface area contributed by atoms with Gasteiger partial charge in [-0.3, -0.25) is 14.4 Å². The van der Waals surface area contributed by atoms with Crippen molar-refractivity contribution in [2.24, 2.45) is 0 Å². The van der Waals surface area contributed by atoms with Crippen molar-refractivity contribution in [2.45, 2.75) is 45.4 Å². The van der Waals surface area contributed by atoms with Crippen LogP contribution in [0, 0.1) is 6.92 Å². The predicted octanol–water partition coefficient (Wildman–Crippen LogP) is 6.01. The average molecular weight is 536 g/mol. The van der Waals surface area contributed by atoms with Gasteiger partial charge in [0, 0.05) is 42.8 Å². The molecule has 0 radical (unpaired) electrons. The SMILES string of the molecule is Cc1ccccc1C(=O)c1ccc(Nc2ccccc2NC(=O)CCC(=O)NCCCCCCO)cc1Cl. The number of anilines is 3. The van der Waals surface area contributed by atoms with Crippen LogP contribution in [0.2, 0.25) is 5.02 Å². The number of aryl methyl sites for hydroxylation is 1. The molecule has 0 aliphatic heterocycles. The summed E-state index contributed by atoms with van der Waals surface area (Å²) in [7, 11) is 0. The van der Waals surface area contributed by atoms with Gasteiger partial charge in [0.2, 0.25) is 11.8 Å². The Bertz CT molecular complexity index is 1260. The van der Waals surface area contributed by atoms with E-state index in [0.29, 0.717) is 39.8 Å². The van der Waals surface area contributed by atoms with Gasteiger partial charge in [-0.2, -0.15) is 0 Å². The van der Waals surface area contributed by atoms with Gasteiger partial charge in [-0.25, -0.2) is 0 Å². The Morgan fingerprint density at radius 2 is 1.47 bits per heavy atom. The summed E-state index contributed by atoms with van der Waals surface area (Å²) in [6.45, 7) is 2.64. The van der Waals surface area contributed by atoms with Crippen molar-refractivity contribution in [3.63, 3.8) is 0 Å². The number of aliphatic hydroxyl groups is 1. The van der Waals surface area contributed by atoms with Crippen molar-refractivity contribution in [1.29, 1.82) is 0 Å². The number of rotatable bonds is 14. The minimum atomic E-state index is -0.269. The largest absolute Gasteiger partial charge is 0.396 e. The van der Waals surface area contributed by atoms with Crippen molar-refractivity contribution in [3.8, 4) is 0 Å². The fourth-order valence-corrected chi connectivity index (χ4v) is 4.22. The minimum Gasteiger partial charge on any atom is -0.396 e.